The molecule has 5 heterocycles. The molecule has 2 aliphatic rings. The molecule has 0 saturated carbocycles. The Bertz CT molecular complexity index is 3350. The number of rotatable bonds is 29. The lowest BCUT2D eigenvalue weighted by Gasteiger charge is -2.35. The van der Waals surface area contributed by atoms with E-state index < -0.39 is 44.9 Å². The third-order valence-electron chi connectivity index (χ3n) is 13.8. The van der Waals surface area contributed by atoms with Crippen LogP contribution in [0.25, 0.3) is 22.3 Å². The van der Waals surface area contributed by atoms with Gasteiger partial charge in [0.15, 0.2) is 11.6 Å². The van der Waals surface area contributed by atoms with Crippen molar-refractivity contribution in [1.29, 1.82) is 0 Å². The van der Waals surface area contributed by atoms with Crippen LogP contribution in [0.2, 0.25) is 0 Å². The lowest BCUT2D eigenvalue weighted by atomic mass is 9.85. The van der Waals surface area contributed by atoms with Crippen LogP contribution < -0.4 is 16.6 Å². The number of amides is 1. The van der Waals surface area contributed by atoms with Gasteiger partial charge in [-0.25, -0.2) is 33.0 Å². The van der Waals surface area contributed by atoms with Crippen molar-refractivity contribution >= 4 is 61.8 Å². The van der Waals surface area contributed by atoms with Crippen molar-refractivity contribution < 1.29 is 66.0 Å². The second-order valence-corrected chi connectivity index (χ2v) is 21.6. The number of hydrogen-bond donors (Lipinski definition) is 3. The van der Waals surface area contributed by atoms with Gasteiger partial charge >= 0.3 is 12.1 Å². The zero-order valence-corrected chi connectivity index (χ0v) is 46.0. The number of fused-ring (bicyclic) bond motifs is 5. The van der Waals surface area contributed by atoms with Crippen LogP contribution in [0.5, 0.6) is 5.75 Å². The largest absolute Gasteiger partial charge is 0.510 e. The number of nitrogens with one attached hydrogen (secondary N) is 1. The summed E-state index contributed by atoms with van der Waals surface area (Å²) in [5.41, 5.74) is 8.46. The summed E-state index contributed by atoms with van der Waals surface area (Å²) in [7, 11) is -3.49. The molecule has 0 aliphatic carbocycles. The number of carbonyl (C=O) groups is 6. The quantitative estimate of drug-likeness (QED) is 0.0195. The van der Waals surface area contributed by atoms with E-state index in [1.54, 1.807) is 60.0 Å². The van der Waals surface area contributed by atoms with E-state index in [0.29, 0.717) is 118 Å². The number of phenols is 1. The zero-order chi connectivity index (χ0) is 57.4. The number of ether oxygens (including phenoxy) is 5. The highest BCUT2D eigenvalue weighted by Crippen LogP contribution is 2.42. The van der Waals surface area contributed by atoms with Crippen molar-refractivity contribution in [2.24, 2.45) is 11.7 Å². The first kappa shape index (κ1) is 59.9. The van der Waals surface area contributed by atoms with Crippen LogP contribution in [-0.2, 0) is 89.3 Å². The molecular formula is C58H66N6O15S. The number of aromatic nitrogens is 4. The van der Waals surface area contributed by atoms with E-state index in [1.807, 2.05) is 6.92 Å². The first-order valence-electron chi connectivity index (χ1n) is 26.7. The summed E-state index contributed by atoms with van der Waals surface area (Å²) in [5.74, 6) is 3.46. The number of Topliss-reactive ketones (excluding diaryl/α,β-unsaturated/α-hetero) is 3. The molecule has 2 aliphatic heterocycles. The van der Waals surface area contributed by atoms with Crippen molar-refractivity contribution in [2.45, 2.75) is 128 Å². The van der Waals surface area contributed by atoms with E-state index >= 15 is 0 Å². The summed E-state index contributed by atoms with van der Waals surface area (Å²) in [6.45, 7) is 3.73. The van der Waals surface area contributed by atoms with Gasteiger partial charge in [-0.05, 0) is 99.0 Å². The number of unbranched alkanes of at least 4 members (excludes halogenated alkanes) is 2. The molecule has 424 valence electrons. The normalized spacial score (nSPS) is 14.7. The number of anilines is 1. The fourth-order valence-corrected chi connectivity index (χ4v) is 10.1. The third-order valence-corrected chi connectivity index (χ3v) is 14.6. The monoisotopic (exact) mass is 1120 g/mol. The average molecular weight is 1120 g/mol. The Labute approximate surface area is 463 Å². The summed E-state index contributed by atoms with van der Waals surface area (Å²) >= 11 is 0. The first-order chi connectivity index (χ1) is 38.4. The van der Waals surface area contributed by atoms with Gasteiger partial charge in [0.25, 0.3) is 5.56 Å². The standard InChI is InChI=1S/C58H66N6O15S/c1-4-45-46-28-42(66)22-23-50(46)63-52-47(45)32-64-51(52)29-49-48(54(64)70)36-77-55(71)58(49,5-2)79-57(72)78-33-37-18-20-40(21-19-37)62-53(69)39(14-9-10-24-59)27-44(68)35-76-34-43(67)17-12-26-75-25-11-16-41(65)15-8-6-7-13-38-30-60-56(61-31-38)80(3,73)74/h18-23,28-31,39,66H,4-6,8-12,14-17,24-27,32-36,59H2,1-3H3,(H,62,69)/t39-,58+/m1/s1. The van der Waals surface area contributed by atoms with Gasteiger partial charge in [0.05, 0.1) is 34.6 Å². The van der Waals surface area contributed by atoms with Crippen LogP contribution in [0.15, 0.2) is 70.9 Å². The Morgan fingerprint density at radius 3 is 2.30 bits per heavy atom. The zero-order valence-electron chi connectivity index (χ0n) is 45.1. The maximum absolute atomic E-state index is 14.1. The van der Waals surface area contributed by atoms with Gasteiger partial charge in [0.2, 0.25) is 26.5 Å². The minimum absolute atomic E-state index is 0.0716. The second-order valence-electron chi connectivity index (χ2n) is 19.7. The van der Waals surface area contributed by atoms with Gasteiger partial charge in [-0.15, -0.1) is 0 Å². The van der Waals surface area contributed by atoms with E-state index in [9.17, 15) is 47.1 Å². The smallest absolute Gasteiger partial charge is 0.508 e. The maximum atomic E-state index is 14.1. The van der Waals surface area contributed by atoms with Crippen molar-refractivity contribution in [3.05, 3.63) is 105 Å². The Morgan fingerprint density at radius 2 is 1.60 bits per heavy atom. The van der Waals surface area contributed by atoms with E-state index in [-0.39, 0.29) is 91.6 Å². The van der Waals surface area contributed by atoms with Crippen LogP contribution in [-0.4, -0.2) is 108 Å². The summed E-state index contributed by atoms with van der Waals surface area (Å²) in [4.78, 5) is 105. The predicted octanol–water partition coefficient (Wildman–Crippen LogP) is 6.50. The highest BCUT2D eigenvalue weighted by molar-refractivity contribution is 7.90. The molecule has 0 unspecified atom stereocenters. The minimum atomic E-state index is -3.49. The molecule has 0 saturated heterocycles. The number of cyclic esters (lactones) is 1. The number of nitrogens with two attached hydrogens (primary N) is 1. The highest BCUT2D eigenvalue weighted by Gasteiger charge is 2.51. The molecule has 0 spiro atoms. The minimum Gasteiger partial charge on any atom is -0.508 e. The number of hydrogen-bond acceptors (Lipinski definition) is 19. The third kappa shape index (κ3) is 15.3. The molecule has 0 bridgehead atoms. The SMILES string of the molecule is CCc1c2c(nc3ccc(O)cc13)-c1cc3c(c(=O)n1C2)COC(=O)[C@@]3(CC)OC(=O)OCc1ccc(NC(=O)[C@H](CCCCN)CC(=O)COCC(=O)CCCOCCCC(=O)CCCC#Cc2cnc(S(C)(=O)=O)nc2)cc1. The molecule has 80 heavy (non-hydrogen) atoms. The number of phenolic OH excluding ortho intramolecular Hbond substituents is 1. The molecule has 3 aromatic heterocycles. The Kier molecular flexibility index (Phi) is 20.9. The lowest BCUT2D eigenvalue weighted by molar-refractivity contribution is -0.175. The predicted molar refractivity (Wildman–Crippen MR) is 292 cm³/mol. The second kappa shape index (κ2) is 27.9. The molecule has 1 amide bonds. The molecule has 7 rings (SSSR count). The first-order valence-corrected chi connectivity index (χ1v) is 28.6. The van der Waals surface area contributed by atoms with Crippen molar-refractivity contribution in [2.75, 3.05) is 44.5 Å². The average Bonchev–Trinajstić information content (AvgIpc) is 4.01. The van der Waals surface area contributed by atoms with Crippen LogP contribution in [0, 0.1) is 17.8 Å². The van der Waals surface area contributed by atoms with Crippen molar-refractivity contribution in [1.82, 2.24) is 19.5 Å². The number of aromatic hydroxyl groups is 1. The Balaban J connectivity index is 0.813. The summed E-state index contributed by atoms with van der Waals surface area (Å²) in [6, 6.07) is 13.0. The van der Waals surface area contributed by atoms with Gasteiger partial charge < -0.3 is 44.4 Å². The topological polar surface area (TPSA) is 302 Å². The fraction of sp³-hybridized carbons (Fsp3) is 0.448. The number of ketones is 3. The lowest BCUT2D eigenvalue weighted by Crippen LogP contribution is -2.47. The van der Waals surface area contributed by atoms with Gasteiger partial charge in [-0.2, -0.15) is 0 Å². The number of nitrogens with zero attached hydrogens (tertiary/aromatic N) is 4. The number of benzene rings is 2. The molecule has 22 heteroatoms. The number of sulfone groups is 1. The van der Waals surface area contributed by atoms with E-state index in [1.165, 1.54) is 12.4 Å². The molecule has 0 fully saturated rings. The van der Waals surface area contributed by atoms with E-state index in [0.717, 1.165) is 22.8 Å². The molecular weight excluding hydrogens is 1050 g/mol. The summed E-state index contributed by atoms with van der Waals surface area (Å²) in [5, 5.41) is 13.6. The maximum Gasteiger partial charge on any atom is 0.510 e. The van der Waals surface area contributed by atoms with Crippen LogP contribution in [0.3, 0.4) is 0 Å². The van der Waals surface area contributed by atoms with Gasteiger partial charge in [0, 0.05) is 92.1 Å². The molecule has 0 radical (unpaired) electrons. The highest BCUT2D eigenvalue weighted by atomic mass is 32.2. The van der Waals surface area contributed by atoms with Gasteiger partial charge in [-0.3, -0.25) is 24.0 Å². The number of pyridine rings is 2. The van der Waals surface area contributed by atoms with Crippen LogP contribution in [0.4, 0.5) is 10.5 Å². The summed E-state index contributed by atoms with van der Waals surface area (Å²) < 4.78 is 52.3. The number of carbonyl (C=O) groups excluding carboxylic acids is 6. The molecule has 2 aromatic carbocycles. The number of aryl methyl sites for hydroxylation is 1. The van der Waals surface area contributed by atoms with Crippen molar-refractivity contribution in [3.63, 3.8) is 0 Å². The van der Waals surface area contributed by atoms with E-state index in [2.05, 4.69) is 27.1 Å². The van der Waals surface area contributed by atoms with Crippen LogP contribution >= 0.6 is 0 Å². The Hall–Kier alpha value is -7.71. The van der Waals surface area contributed by atoms with Crippen molar-refractivity contribution in [3.8, 4) is 29.0 Å². The van der Waals surface area contributed by atoms with Gasteiger partial charge in [0.1, 0.15) is 38.0 Å². The Morgan fingerprint density at radius 1 is 0.887 bits per heavy atom. The van der Waals surface area contributed by atoms with Gasteiger partial charge in [-0.1, -0.05) is 44.2 Å². The molecule has 5 aromatic rings. The molecule has 21 nitrogen and oxygen atoms in total. The molecule has 4 N–H and O–H groups in total. The fourth-order valence-electron chi connectivity index (χ4n) is 9.58. The van der Waals surface area contributed by atoms with Crippen LogP contribution in [0.1, 0.15) is 124 Å². The van der Waals surface area contributed by atoms with E-state index in [4.69, 9.17) is 34.4 Å². The molecule has 2 atom stereocenters. The number of esters is 1. The summed E-state index contributed by atoms with van der Waals surface area (Å²) in [6.07, 6.45) is 7.53.